The second-order valence-electron chi connectivity index (χ2n) is 5.58. The van der Waals surface area contributed by atoms with E-state index in [2.05, 4.69) is 5.32 Å². The summed E-state index contributed by atoms with van der Waals surface area (Å²) in [4.78, 5) is 34.1. The highest BCUT2D eigenvalue weighted by Crippen LogP contribution is 2.28. The van der Waals surface area contributed by atoms with E-state index in [0.717, 1.165) is 25.3 Å². The van der Waals surface area contributed by atoms with Crippen molar-refractivity contribution >= 4 is 17.8 Å². The minimum atomic E-state index is -0.526. The molecule has 2 rings (SSSR count). The molecule has 1 N–H and O–H groups in total. The molecule has 2 aliphatic rings. The van der Waals surface area contributed by atoms with Gasteiger partial charge in [0, 0.05) is 25.9 Å². The van der Waals surface area contributed by atoms with Gasteiger partial charge in [-0.1, -0.05) is 0 Å². The monoisotopic (exact) mass is 311 g/mol. The van der Waals surface area contributed by atoms with Crippen molar-refractivity contribution in [1.82, 2.24) is 5.32 Å². The molecular weight excluding hydrogens is 290 g/mol. The lowest BCUT2D eigenvalue weighted by atomic mass is 9.85. The number of carbonyl (C=O) groups is 3. The minimum Gasteiger partial charge on any atom is -0.465 e. The molecule has 1 saturated carbocycles. The molecule has 1 aliphatic carbocycles. The summed E-state index contributed by atoms with van der Waals surface area (Å²) >= 11 is 0. The smallest absolute Gasteiger partial charge is 0.310 e. The summed E-state index contributed by atoms with van der Waals surface area (Å²) in [5.41, 5.74) is 0.146. The van der Waals surface area contributed by atoms with Gasteiger partial charge in [0.05, 0.1) is 25.2 Å². The number of nitrogens with one attached hydrogen (secondary N) is 1. The molecule has 1 heterocycles. The third kappa shape index (κ3) is 4.14. The summed E-state index contributed by atoms with van der Waals surface area (Å²) in [7, 11) is 3.31. The molecule has 7 heteroatoms. The maximum Gasteiger partial charge on any atom is 0.310 e. The SMILES string of the molecule is COC1CC[C@H](COC(=O)CC2=CC(=O)NC2=O)CC1OC. The van der Waals surface area contributed by atoms with Crippen molar-refractivity contribution in [3.8, 4) is 0 Å². The molecule has 0 bridgehead atoms. The van der Waals surface area contributed by atoms with Gasteiger partial charge in [-0.25, -0.2) is 0 Å². The highest BCUT2D eigenvalue weighted by molar-refractivity contribution is 6.17. The number of carbonyl (C=O) groups excluding carboxylic acids is 3. The molecule has 0 saturated heterocycles. The van der Waals surface area contributed by atoms with Crippen molar-refractivity contribution in [2.45, 2.75) is 37.9 Å². The maximum atomic E-state index is 11.8. The Balaban J connectivity index is 1.76. The second-order valence-corrected chi connectivity index (χ2v) is 5.58. The van der Waals surface area contributed by atoms with Gasteiger partial charge in [0.2, 0.25) is 0 Å². The number of hydrogen-bond acceptors (Lipinski definition) is 6. The van der Waals surface area contributed by atoms with Crippen molar-refractivity contribution in [2.24, 2.45) is 5.92 Å². The number of esters is 1. The number of hydrogen-bond donors (Lipinski definition) is 1. The fraction of sp³-hybridized carbons (Fsp3) is 0.667. The first kappa shape index (κ1) is 16.6. The molecule has 2 unspecified atom stereocenters. The largest absolute Gasteiger partial charge is 0.465 e. The topological polar surface area (TPSA) is 90.9 Å². The standard InChI is InChI=1S/C15H21NO6/c1-20-11-4-3-9(5-12(11)21-2)8-22-14(18)7-10-6-13(17)16-15(10)19/h6,9,11-12H,3-5,7-8H2,1-2H3,(H,16,17,19)/t9-,11?,12?/m0/s1. The number of ether oxygens (including phenoxy) is 3. The van der Waals surface area contributed by atoms with Gasteiger partial charge in [-0.05, 0) is 25.2 Å². The molecule has 0 radical (unpaired) electrons. The molecular formula is C15H21NO6. The van der Waals surface area contributed by atoms with E-state index in [0.29, 0.717) is 0 Å². The van der Waals surface area contributed by atoms with E-state index in [1.165, 1.54) is 0 Å². The van der Waals surface area contributed by atoms with Crippen LogP contribution in [0.2, 0.25) is 0 Å². The zero-order chi connectivity index (χ0) is 16.1. The van der Waals surface area contributed by atoms with Gasteiger partial charge >= 0.3 is 5.97 Å². The van der Waals surface area contributed by atoms with Crippen LogP contribution in [0, 0.1) is 5.92 Å². The van der Waals surface area contributed by atoms with Crippen molar-refractivity contribution < 1.29 is 28.6 Å². The summed E-state index contributed by atoms with van der Waals surface area (Å²) in [5, 5.41) is 2.09. The van der Waals surface area contributed by atoms with Crippen LogP contribution in [0.1, 0.15) is 25.7 Å². The summed E-state index contributed by atoms with van der Waals surface area (Å²) in [6.07, 6.45) is 3.56. The van der Waals surface area contributed by atoms with Crippen LogP contribution in [0.3, 0.4) is 0 Å². The molecule has 3 atom stereocenters. The quantitative estimate of drug-likeness (QED) is 0.561. The fourth-order valence-electron chi connectivity index (χ4n) is 2.85. The predicted molar refractivity (Wildman–Crippen MR) is 75.7 cm³/mol. The average Bonchev–Trinajstić information content (AvgIpc) is 2.82. The van der Waals surface area contributed by atoms with Gasteiger partial charge in [-0.3, -0.25) is 19.7 Å². The number of methoxy groups -OCH3 is 2. The van der Waals surface area contributed by atoms with Crippen LogP contribution in [-0.4, -0.2) is 50.8 Å². The summed E-state index contributed by atoms with van der Waals surface area (Å²) < 4.78 is 16.0. The first-order valence-corrected chi connectivity index (χ1v) is 7.30. The Morgan fingerprint density at radius 2 is 1.95 bits per heavy atom. The highest BCUT2D eigenvalue weighted by atomic mass is 16.5. The molecule has 22 heavy (non-hydrogen) atoms. The van der Waals surface area contributed by atoms with E-state index in [4.69, 9.17) is 14.2 Å². The normalized spacial score (nSPS) is 28.3. The lowest BCUT2D eigenvalue weighted by Crippen LogP contribution is -2.38. The number of amides is 2. The molecule has 0 aromatic rings. The zero-order valence-corrected chi connectivity index (χ0v) is 12.8. The van der Waals surface area contributed by atoms with Crippen LogP contribution in [0.4, 0.5) is 0 Å². The molecule has 1 fully saturated rings. The van der Waals surface area contributed by atoms with Crippen molar-refractivity contribution in [3.63, 3.8) is 0 Å². The van der Waals surface area contributed by atoms with E-state index >= 15 is 0 Å². The van der Waals surface area contributed by atoms with Crippen LogP contribution in [0.15, 0.2) is 11.6 Å². The Morgan fingerprint density at radius 1 is 1.23 bits per heavy atom. The Kier molecular flexibility index (Phi) is 5.68. The van der Waals surface area contributed by atoms with Crippen LogP contribution in [0.5, 0.6) is 0 Å². The van der Waals surface area contributed by atoms with Crippen molar-refractivity contribution in [3.05, 3.63) is 11.6 Å². The lowest BCUT2D eigenvalue weighted by molar-refractivity contribution is -0.146. The Labute approximate surface area is 129 Å². The first-order chi connectivity index (χ1) is 10.5. The molecule has 1 aliphatic heterocycles. The van der Waals surface area contributed by atoms with Gasteiger partial charge in [-0.15, -0.1) is 0 Å². The van der Waals surface area contributed by atoms with Crippen molar-refractivity contribution in [2.75, 3.05) is 20.8 Å². The van der Waals surface area contributed by atoms with Gasteiger partial charge in [0.1, 0.15) is 0 Å². The molecule has 7 nitrogen and oxygen atoms in total. The van der Waals surface area contributed by atoms with E-state index in [1.807, 2.05) is 0 Å². The first-order valence-electron chi connectivity index (χ1n) is 7.30. The molecule has 0 aromatic carbocycles. The van der Waals surface area contributed by atoms with Gasteiger partial charge < -0.3 is 14.2 Å². The Hall–Kier alpha value is -1.73. The van der Waals surface area contributed by atoms with Gasteiger partial charge in [0.15, 0.2) is 0 Å². The summed E-state index contributed by atoms with van der Waals surface area (Å²) in [6, 6.07) is 0. The fourth-order valence-corrected chi connectivity index (χ4v) is 2.85. The molecule has 2 amide bonds. The predicted octanol–water partition coefficient (Wildman–Crippen LogP) is 0.333. The van der Waals surface area contributed by atoms with Crippen LogP contribution >= 0.6 is 0 Å². The van der Waals surface area contributed by atoms with E-state index < -0.39 is 17.8 Å². The summed E-state index contributed by atoms with van der Waals surface area (Å²) in [5.74, 6) is -1.30. The number of rotatable bonds is 6. The Morgan fingerprint density at radius 3 is 2.55 bits per heavy atom. The van der Waals surface area contributed by atoms with Gasteiger partial charge in [-0.2, -0.15) is 0 Å². The minimum absolute atomic E-state index is 0.00314. The maximum absolute atomic E-state index is 11.8. The van der Waals surface area contributed by atoms with E-state index in [-0.39, 0.29) is 36.7 Å². The zero-order valence-electron chi connectivity index (χ0n) is 12.8. The molecule has 122 valence electrons. The van der Waals surface area contributed by atoms with Crippen LogP contribution in [0.25, 0.3) is 0 Å². The van der Waals surface area contributed by atoms with Crippen LogP contribution in [-0.2, 0) is 28.6 Å². The third-order valence-electron chi connectivity index (χ3n) is 4.09. The summed E-state index contributed by atoms with van der Waals surface area (Å²) in [6.45, 7) is 0.290. The van der Waals surface area contributed by atoms with E-state index in [9.17, 15) is 14.4 Å². The second kappa shape index (κ2) is 7.51. The number of imide groups is 1. The van der Waals surface area contributed by atoms with Gasteiger partial charge in [0.25, 0.3) is 11.8 Å². The molecule has 0 aromatic heterocycles. The van der Waals surface area contributed by atoms with Crippen molar-refractivity contribution in [1.29, 1.82) is 0 Å². The molecule has 0 spiro atoms. The third-order valence-corrected chi connectivity index (χ3v) is 4.09. The van der Waals surface area contributed by atoms with E-state index in [1.54, 1.807) is 14.2 Å². The Bertz CT molecular complexity index is 486. The average molecular weight is 311 g/mol. The van der Waals surface area contributed by atoms with Crippen LogP contribution < -0.4 is 5.32 Å². The highest BCUT2D eigenvalue weighted by Gasteiger charge is 2.31. The lowest BCUT2D eigenvalue weighted by Gasteiger charge is -2.34.